The van der Waals surface area contributed by atoms with Gasteiger partial charge in [0.2, 0.25) is 15.9 Å². The zero-order chi connectivity index (χ0) is 19.3. The third kappa shape index (κ3) is 4.49. The minimum absolute atomic E-state index is 0.0326. The van der Waals surface area contributed by atoms with E-state index >= 15 is 0 Å². The number of rotatable bonds is 6. The molecule has 8 nitrogen and oxygen atoms in total. The van der Waals surface area contributed by atoms with Gasteiger partial charge in [-0.25, -0.2) is 18.4 Å². The van der Waals surface area contributed by atoms with E-state index in [-0.39, 0.29) is 23.3 Å². The molecule has 1 saturated heterocycles. The lowest BCUT2D eigenvalue weighted by Gasteiger charge is -2.31. The molecule has 1 amide bonds. The van der Waals surface area contributed by atoms with Gasteiger partial charge in [0, 0.05) is 31.7 Å². The van der Waals surface area contributed by atoms with Crippen LogP contribution in [0.2, 0.25) is 0 Å². The van der Waals surface area contributed by atoms with Crippen molar-refractivity contribution < 1.29 is 13.2 Å². The molecule has 1 unspecified atom stereocenters. The maximum absolute atomic E-state index is 12.9. The predicted molar refractivity (Wildman–Crippen MR) is 101 cm³/mol. The summed E-state index contributed by atoms with van der Waals surface area (Å²) in [7, 11) is -3.74. The zero-order valence-corrected chi connectivity index (χ0v) is 15.7. The van der Waals surface area contributed by atoms with Gasteiger partial charge < -0.3 is 11.1 Å². The Hall–Kier alpha value is -2.36. The van der Waals surface area contributed by atoms with Crippen molar-refractivity contribution >= 4 is 15.9 Å². The number of carbonyl (C=O) groups is 1. The van der Waals surface area contributed by atoms with Gasteiger partial charge in [0.1, 0.15) is 4.90 Å². The van der Waals surface area contributed by atoms with Gasteiger partial charge in [0.15, 0.2) is 5.82 Å². The lowest BCUT2D eigenvalue weighted by Crippen LogP contribution is -2.46. The van der Waals surface area contributed by atoms with Crippen molar-refractivity contribution in [2.24, 2.45) is 11.7 Å². The fourth-order valence-corrected chi connectivity index (χ4v) is 4.46. The Morgan fingerprint density at radius 3 is 2.59 bits per heavy atom. The van der Waals surface area contributed by atoms with Crippen LogP contribution in [0.5, 0.6) is 0 Å². The normalized spacial score (nSPS) is 18.2. The fraction of sp³-hybridized carbons (Fsp3) is 0.389. The summed E-state index contributed by atoms with van der Waals surface area (Å²) in [5.41, 5.74) is 6.21. The molecule has 2 heterocycles. The van der Waals surface area contributed by atoms with Gasteiger partial charge in [-0.2, -0.15) is 4.31 Å². The number of sulfonamides is 1. The van der Waals surface area contributed by atoms with E-state index in [1.54, 1.807) is 0 Å². The number of benzene rings is 1. The summed E-state index contributed by atoms with van der Waals surface area (Å²) < 4.78 is 27.2. The van der Waals surface area contributed by atoms with E-state index in [0.717, 1.165) is 5.56 Å². The summed E-state index contributed by atoms with van der Waals surface area (Å²) in [5, 5.41) is 2.73. The highest BCUT2D eigenvalue weighted by atomic mass is 32.2. The molecular formula is C18H23N5O3S. The van der Waals surface area contributed by atoms with Crippen LogP contribution >= 0.6 is 0 Å². The monoisotopic (exact) mass is 389 g/mol. The van der Waals surface area contributed by atoms with Gasteiger partial charge in [-0.1, -0.05) is 30.3 Å². The number of hydrogen-bond donors (Lipinski definition) is 2. The van der Waals surface area contributed by atoms with Crippen molar-refractivity contribution in [3.63, 3.8) is 0 Å². The molecule has 3 rings (SSSR count). The maximum Gasteiger partial charge on any atom is 0.246 e. The molecule has 1 fully saturated rings. The molecule has 3 N–H and O–H groups in total. The van der Waals surface area contributed by atoms with Crippen molar-refractivity contribution in [3.05, 3.63) is 42.7 Å². The molecular weight excluding hydrogens is 366 g/mol. The highest BCUT2D eigenvalue weighted by molar-refractivity contribution is 7.89. The number of amides is 1. The highest BCUT2D eigenvalue weighted by Crippen LogP contribution is 2.24. The van der Waals surface area contributed by atoms with Gasteiger partial charge in [-0.15, -0.1) is 0 Å². The first-order chi connectivity index (χ1) is 13.0. The van der Waals surface area contributed by atoms with Crippen molar-refractivity contribution in [1.29, 1.82) is 0 Å². The first-order valence-electron chi connectivity index (χ1n) is 8.88. The summed E-state index contributed by atoms with van der Waals surface area (Å²) in [6, 6.07) is 9.34. The van der Waals surface area contributed by atoms with Crippen molar-refractivity contribution in [2.45, 2.75) is 17.7 Å². The lowest BCUT2D eigenvalue weighted by atomic mass is 9.99. The van der Waals surface area contributed by atoms with Crippen LogP contribution in [0.15, 0.2) is 47.6 Å². The maximum atomic E-state index is 12.9. The Morgan fingerprint density at radius 1 is 1.22 bits per heavy atom. The van der Waals surface area contributed by atoms with Crippen molar-refractivity contribution in [3.8, 4) is 11.4 Å². The summed E-state index contributed by atoms with van der Waals surface area (Å²) in [4.78, 5) is 20.6. The molecule has 144 valence electrons. The topological polar surface area (TPSA) is 118 Å². The van der Waals surface area contributed by atoms with Crippen molar-refractivity contribution in [2.75, 3.05) is 26.2 Å². The van der Waals surface area contributed by atoms with E-state index < -0.39 is 10.0 Å². The number of piperidine rings is 1. The van der Waals surface area contributed by atoms with Gasteiger partial charge in [-0.05, 0) is 12.8 Å². The second-order valence-corrected chi connectivity index (χ2v) is 8.33. The molecule has 1 aliphatic heterocycles. The van der Waals surface area contributed by atoms with Gasteiger partial charge >= 0.3 is 0 Å². The van der Waals surface area contributed by atoms with Crippen LogP contribution in [0.1, 0.15) is 12.8 Å². The molecule has 0 radical (unpaired) electrons. The van der Waals surface area contributed by atoms with E-state index in [9.17, 15) is 13.2 Å². The number of nitrogens with two attached hydrogens (primary N) is 1. The van der Waals surface area contributed by atoms with E-state index in [1.165, 1.54) is 16.7 Å². The Bertz CT molecular complexity index is 872. The lowest BCUT2D eigenvalue weighted by molar-refractivity contribution is -0.126. The smallest absolute Gasteiger partial charge is 0.246 e. The molecule has 2 aromatic rings. The van der Waals surface area contributed by atoms with E-state index in [4.69, 9.17) is 5.73 Å². The van der Waals surface area contributed by atoms with Crippen molar-refractivity contribution in [1.82, 2.24) is 19.6 Å². The van der Waals surface area contributed by atoms with Crippen LogP contribution in [0.25, 0.3) is 11.4 Å². The second-order valence-electron chi connectivity index (χ2n) is 6.39. The summed E-state index contributed by atoms with van der Waals surface area (Å²) >= 11 is 0. The molecule has 1 atom stereocenters. The predicted octanol–water partition coefficient (Wildman–Crippen LogP) is 0.619. The molecule has 0 bridgehead atoms. The first kappa shape index (κ1) is 19.4. The minimum atomic E-state index is -3.74. The Labute approximate surface area is 158 Å². The first-order valence-corrected chi connectivity index (χ1v) is 10.3. The third-order valence-corrected chi connectivity index (χ3v) is 6.31. The van der Waals surface area contributed by atoms with Crippen LogP contribution in [-0.2, 0) is 14.8 Å². The van der Waals surface area contributed by atoms with Gasteiger partial charge in [0.05, 0.1) is 18.3 Å². The number of hydrogen-bond acceptors (Lipinski definition) is 6. The largest absolute Gasteiger partial charge is 0.355 e. The Balaban J connectivity index is 1.74. The van der Waals surface area contributed by atoms with Crippen LogP contribution in [-0.4, -0.2) is 54.8 Å². The van der Waals surface area contributed by atoms with E-state index in [2.05, 4.69) is 15.3 Å². The quantitative estimate of drug-likeness (QED) is 0.748. The molecule has 0 aliphatic carbocycles. The number of carbonyl (C=O) groups excluding carboxylic acids is 1. The Morgan fingerprint density at radius 2 is 1.93 bits per heavy atom. The average Bonchev–Trinajstić information content (AvgIpc) is 2.73. The fourth-order valence-electron chi connectivity index (χ4n) is 3.05. The van der Waals surface area contributed by atoms with Gasteiger partial charge in [0.25, 0.3) is 0 Å². The SMILES string of the molecule is NCCNC(=O)C1CCCN(S(=O)(=O)c2cnc(-c3ccccc3)nc2)C1. The molecule has 0 spiro atoms. The molecule has 0 saturated carbocycles. The summed E-state index contributed by atoms with van der Waals surface area (Å²) in [6.45, 7) is 1.27. The minimum Gasteiger partial charge on any atom is -0.355 e. The van der Waals surface area contributed by atoms with E-state index in [0.29, 0.717) is 38.3 Å². The highest BCUT2D eigenvalue weighted by Gasteiger charge is 2.33. The molecule has 1 aromatic carbocycles. The summed E-state index contributed by atoms with van der Waals surface area (Å²) in [6.07, 6.45) is 3.93. The number of aromatic nitrogens is 2. The third-order valence-electron chi connectivity index (χ3n) is 4.50. The van der Waals surface area contributed by atoms with Gasteiger partial charge in [-0.3, -0.25) is 4.79 Å². The zero-order valence-electron chi connectivity index (χ0n) is 14.9. The molecule has 27 heavy (non-hydrogen) atoms. The van der Waals surface area contributed by atoms with Crippen LogP contribution in [0, 0.1) is 5.92 Å². The second kappa shape index (κ2) is 8.55. The average molecular weight is 389 g/mol. The molecule has 1 aromatic heterocycles. The van der Waals surface area contributed by atoms with Crippen LogP contribution < -0.4 is 11.1 Å². The number of nitrogens with one attached hydrogen (secondary N) is 1. The molecule has 1 aliphatic rings. The standard InChI is InChI=1S/C18H23N5O3S/c19-8-9-20-18(24)15-7-4-10-23(13-15)27(25,26)16-11-21-17(22-12-16)14-5-2-1-3-6-14/h1-3,5-6,11-12,15H,4,7-10,13,19H2,(H,20,24). The Kier molecular flexibility index (Phi) is 6.15. The molecule has 9 heteroatoms. The summed E-state index contributed by atoms with van der Waals surface area (Å²) in [5.74, 6) is -0.0622. The van der Waals surface area contributed by atoms with Crippen LogP contribution in [0.4, 0.5) is 0 Å². The van der Waals surface area contributed by atoms with E-state index in [1.807, 2.05) is 30.3 Å². The van der Waals surface area contributed by atoms with Crippen LogP contribution in [0.3, 0.4) is 0 Å². The number of nitrogens with zero attached hydrogens (tertiary/aromatic N) is 3.